The molecule has 86 valence electrons. The van der Waals surface area contributed by atoms with Crippen molar-refractivity contribution < 1.29 is 0 Å². The number of hydrogen-bond acceptors (Lipinski definition) is 1. The molecule has 0 N–H and O–H groups in total. The van der Waals surface area contributed by atoms with Crippen LogP contribution in [0.25, 0.3) is 0 Å². The Balaban J connectivity index is 3.06. The Labute approximate surface area is 94.7 Å². The van der Waals surface area contributed by atoms with Crippen molar-refractivity contribution in [3.8, 4) is 0 Å². The van der Waals surface area contributed by atoms with Gasteiger partial charge in [-0.3, -0.25) is 4.99 Å². The molecule has 1 nitrogen and oxygen atoms in total. The maximum absolute atomic E-state index is 4.85. The van der Waals surface area contributed by atoms with E-state index in [1.165, 1.54) is 11.4 Å². The summed E-state index contributed by atoms with van der Waals surface area (Å²) in [6, 6.07) is 0. The molecule has 15 heavy (non-hydrogen) atoms. The van der Waals surface area contributed by atoms with Crippen LogP contribution in [0.15, 0.2) is 16.8 Å². The number of nitrogens with zero attached hydrogens (tertiary/aromatic N) is 1. The fourth-order valence-corrected chi connectivity index (χ4v) is 1.75. The molecular weight excluding hydrogens is 182 g/mol. The fraction of sp³-hybridized carbons (Fsp3) is 0.786. The van der Waals surface area contributed by atoms with Crippen LogP contribution >= 0.6 is 0 Å². The van der Waals surface area contributed by atoms with Gasteiger partial charge in [0.25, 0.3) is 0 Å². The standard InChI is InChI=1S/C14H25N/c1-10-8-11(13(2,3)4)15-12(9-10)14(5,6)7/h8,10H,9H2,1-7H3/t10-/m1/s1. The van der Waals surface area contributed by atoms with Gasteiger partial charge in [0.15, 0.2) is 0 Å². The summed E-state index contributed by atoms with van der Waals surface area (Å²) in [7, 11) is 0. The molecule has 0 aromatic rings. The van der Waals surface area contributed by atoms with E-state index >= 15 is 0 Å². The SMILES string of the molecule is C[C@@H]1C=C(C(C)(C)C)N=C(C(C)(C)C)C1. The van der Waals surface area contributed by atoms with Crippen LogP contribution < -0.4 is 0 Å². The molecule has 1 aliphatic rings. The van der Waals surface area contributed by atoms with E-state index in [0.717, 1.165) is 6.42 Å². The summed E-state index contributed by atoms with van der Waals surface area (Å²) in [6.45, 7) is 15.8. The van der Waals surface area contributed by atoms with Gasteiger partial charge in [-0.2, -0.15) is 0 Å². The largest absolute Gasteiger partial charge is 0.261 e. The van der Waals surface area contributed by atoms with Gasteiger partial charge >= 0.3 is 0 Å². The minimum absolute atomic E-state index is 0.172. The average molecular weight is 207 g/mol. The molecule has 1 heterocycles. The lowest BCUT2D eigenvalue weighted by atomic mass is 9.80. The highest BCUT2D eigenvalue weighted by Crippen LogP contribution is 2.35. The number of hydrogen-bond donors (Lipinski definition) is 0. The molecule has 0 aromatic heterocycles. The van der Waals surface area contributed by atoms with E-state index in [4.69, 9.17) is 4.99 Å². The smallest absolute Gasteiger partial charge is 0.0419 e. The minimum Gasteiger partial charge on any atom is -0.261 e. The van der Waals surface area contributed by atoms with Crippen LogP contribution in [0.1, 0.15) is 54.9 Å². The molecule has 0 saturated carbocycles. The van der Waals surface area contributed by atoms with Crippen LogP contribution in [0.2, 0.25) is 0 Å². The van der Waals surface area contributed by atoms with Gasteiger partial charge in [0.1, 0.15) is 0 Å². The Morgan fingerprint density at radius 2 is 1.60 bits per heavy atom. The number of rotatable bonds is 0. The van der Waals surface area contributed by atoms with E-state index in [9.17, 15) is 0 Å². The first kappa shape index (κ1) is 12.5. The molecule has 1 atom stereocenters. The summed E-state index contributed by atoms with van der Waals surface area (Å²) in [4.78, 5) is 4.85. The predicted octanol–water partition coefficient (Wildman–Crippen LogP) is 4.44. The van der Waals surface area contributed by atoms with Crippen molar-refractivity contribution >= 4 is 5.71 Å². The second-order valence-electron chi connectivity index (χ2n) is 6.79. The quantitative estimate of drug-likeness (QED) is 0.556. The molecule has 0 saturated heterocycles. The first-order valence-electron chi connectivity index (χ1n) is 5.91. The van der Waals surface area contributed by atoms with Crippen molar-refractivity contribution in [2.45, 2.75) is 54.9 Å². The molecule has 1 heteroatoms. The van der Waals surface area contributed by atoms with Gasteiger partial charge in [-0.1, -0.05) is 54.5 Å². The summed E-state index contributed by atoms with van der Waals surface area (Å²) in [5.74, 6) is 0.631. The van der Waals surface area contributed by atoms with Gasteiger partial charge in [-0.25, -0.2) is 0 Å². The van der Waals surface area contributed by atoms with Crippen molar-refractivity contribution in [2.24, 2.45) is 21.7 Å². The average Bonchev–Trinajstić information content (AvgIpc) is 1.99. The van der Waals surface area contributed by atoms with Crippen LogP contribution in [0.3, 0.4) is 0 Å². The van der Waals surface area contributed by atoms with Crippen molar-refractivity contribution in [1.82, 2.24) is 0 Å². The molecule has 0 spiro atoms. The molecule has 0 fully saturated rings. The maximum Gasteiger partial charge on any atom is 0.0419 e. The highest BCUT2D eigenvalue weighted by Gasteiger charge is 2.27. The second-order valence-corrected chi connectivity index (χ2v) is 6.79. The highest BCUT2D eigenvalue weighted by molar-refractivity contribution is 5.91. The third-order valence-electron chi connectivity index (χ3n) is 2.85. The summed E-state index contributed by atoms with van der Waals surface area (Å²) in [5.41, 5.74) is 2.98. The Hall–Kier alpha value is -0.590. The monoisotopic (exact) mass is 207 g/mol. The third kappa shape index (κ3) is 3.19. The van der Waals surface area contributed by atoms with Crippen LogP contribution in [0.5, 0.6) is 0 Å². The molecule has 1 aliphatic heterocycles. The number of aliphatic imine (C=N–C) groups is 1. The Kier molecular flexibility index (Phi) is 3.14. The third-order valence-corrected chi connectivity index (χ3v) is 2.85. The first-order valence-corrected chi connectivity index (χ1v) is 5.91. The van der Waals surface area contributed by atoms with Crippen LogP contribution in [0.4, 0.5) is 0 Å². The zero-order valence-electron chi connectivity index (χ0n) is 11.3. The van der Waals surface area contributed by atoms with Crippen molar-refractivity contribution in [3.63, 3.8) is 0 Å². The van der Waals surface area contributed by atoms with E-state index in [2.05, 4.69) is 54.5 Å². The van der Waals surface area contributed by atoms with Crippen LogP contribution in [-0.4, -0.2) is 5.71 Å². The highest BCUT2D eigenvalue weighted by atomic mass is 14.8. The zero-order valence-corrected chi connectivity index (χ0v) is 11.3. The molecule has 0 aromatic carbocycles. The summed E-state index contributed by atoms with van der Waals surface area (Å²) >= 11 is 0. The molecule has 0 unspecified atom stereocenters. The normalized spacial score (nSPS) is 23.5. The Morgan fingerprint density at radius 3 is 2.00 bits per heavy atom. The lowest BCUT2D eigenvalue weighted by Gasteiger charge is -2.31. The lowest BCUT2D eigenvalue weighted by molar-refractivity contribution is 0.473. The molecule has 0 aliphatic carbocycles. The van der Waals surface area contributed by atoms with Gasteiger partial charge in [0.05, 0.1) is 0 Å². The van der Waals surface area contributed by atoms with Gasteiger partial charge < -0.3 is 0 Å². The summed E-state index contributed by atoms with van der Waals surface area (Å²) in [5, 5.41) is 0. The topological polar surface area (TPSA) is 12.4 Å². The minimum atomic E-state index is 0.172. The second kappa shape index (κ2) is 3.77. The van der Waals surface area contributed by atoms with Crippen molar-refractivity contribution in [2.75, 3.05) is 0 Å². The fourth-order valence-electron chi connectivity index (χ4n) is 1.75. The van der Waals surface area contributed by atoms with E-state index < -0.39 is 0 Å². The van der Waals surface area contributed by atoms with Crippen LogP contribution in [0, 0.1) is 16.7 Å². The summed E-state index contributed by atoms with van der Waals surface area (Å²) < 4.78 is 0. The van der Waals surface area contributed by atoms with E-state index in [0.29, 0.717) is 5.92 Å². The molecule has 0 amide bonds. The van der Waals surface area contributed by atoms with E-state index in [1.807, 2.05) is 0 Å². The molecule has 0 radical (unpaired) electrons. The first-order chi connectivity index (χ1) is 6.60. The van der Waals surface area contributed by atoms with Gasteiger partial charge in [0.2, 0.25) is 0 Å². The van der Waals surface area contributed by atoms with Crippen molar-refractivity contribution in [3.05, 3.63) is 11.8 Å². The molecular formula is C14H25N. The van der Waals surface area contributed by atoms with Gasteiger partial charge in [-0.05, 0) is 12.3 Å². The molecule has 0 bridgehead atoms. The molecule has 1 rings (SSSR count). The lowest BCUT2D eigenvalue weighted by Crippen LogP contribution is -2.26. The zero-order chi connectivity index (χ0) is 11.9. The number of allylic oxidation sites excluding steroid dienone is 2. The van der Waals surface area contributed by atoms with E-state index in [1.54, 1.807) is 0 Å². The Bertz CT molecular complexity index is 294. The van der Waals surface area contributed by atoms with E-state index in [-0.39, 0.29) is 10.8 Å². The van der Waals surface area contributed by atoms with Crippen molar-refractivity contribution in [1.29, 1.82) is 0 Å². The van der Waals surface area contributed by atoms with Gasteiger partial charge in [0, 0.05) is 22.2 Å². The Morgan fingerprint density at radius 1 is 1.07 bits per heavy atom. The van der Waals surface area contributed by atoms with Gasteiger partial charge in [-0.15, -0.1) is 0 Å². The summed E-state index contributed by atoms with van der Waals surface area (Å²) in [6.07, 6.45) is 3.44. The van der Waals surface area contributed by atoms with Crippen LogP contribution in [-0.2, 0) is 0 Å². The predicted molar refractivity (Wildman–Crippen MR) is 68.2 cm³/mol. The maximum atomic E-state index is 4.85.